The minimum absolute atomic E-state index is 0.0508. The highest BCUT2D eigenvalue weighted by Crippen LogP contribution is 2.18. The fraction of sp³-hybridized carbons (Fsp3) is 0.125. The normalized spacial score (nSPS) is 13.5. The first-order valence-corrected chi connectivity index (χ1v) is 7.82. The molecule has 0 spiro atoms. The number of amides is 1. The number of thioether (sulfide) groups is 1. The van der Waals surface area contributed by atoms with Crippen molar-refractivity contribution in [2.75, 3.05) is 11.1 Å². The second-order valence-corrected chi connectivity index (χ2v) is 5.68. The van der Waals surface area contributed by atoms with Crippen LogP contribution in [0.2, 0.25) is 0 Å². The summed E-state index contributed by atoms with van der Waals surface area (Å²) in [6.45, 7) is 0. The van der Waals surface area contributed by atoms with Gasteiger partial charge in [0.05, 0.1) is 17.2 Å². The van der Waals surface area contributed by atoms with Gasteiger partial charge in [0.1, 0.15) is 5.04 Å². The number of nitrogens with zero attached hydrogens (tertiary/aromatic N) is 3. The number of benzene rings is 1. The molecule has 0 aliphatic carbocycles. The first kappa shape index (κ1) is 14.5. The van der Waals surface area contributed by atoms with E-state index in [2.05, 4.69) is 20.5 Å². The molecule has 6 heteroatoms. The van der Waals surface area contributed by atoms with Gasteiger partial charge in [-0.1, -0.05) is 36.0 Å². The lowest BCUT2D eigenvalue weighted by Crippen LogP contribution is -2.15. The number of carbonyl (C=O) groups is 1. The van der Waals surface area contributed by atoms with Crippen LogP contribution in [-0.2, 0) is 4.79 Å². The van der Waals surface area contributed by atoms with Crippen LogP contribution in [0.3, 0.4) is 0 Å². The van der Waals surface area contributed by atoms with Gasteiger partial charge in [-0.2, -0.15) is 5.10 Å². The molecule has 22 heavy (non-hydrogen) atoms. The van der Waals surface area contributed by atoms with Gasteiger partial charge >= 0.3 is 0 Å². The fourth-order valence-corrected chi connectivity index (χ4v) is 2.66. The maximum absolute atomic E-state index is 11.9. The lowest BCUT2D eigenvalue weighted by molar-refractivity contribution is -0.113. The van der Waals surface area contributed by atoms with Crippen molar-refractivity contribution in [2.45, 2.75) is 6.42 Å². The molecule has 1 N–H and O–H groups in total. The molecular formula is C16H14N4OS. The van der Waals surface area contributed by atoms with Gasteiger partial charge < -0.3 is 5.32 Å². The van der Waals surface area contributed by atoms with E-state index in [0.717, 1.165) is 22.1 Å². The predicted octanol–water partition coefficient (Wildman–Crippen LogP) is 2.96. The topological polar surface area (TPSA) is 66.7 Å². The Bertz CT molecular complexity index is 713. The van der Waals surface area contributed by atoms with Crippen LogP contribution in [0.15, 0.2) is 64.9 Å². The fourth-order valence-electron chi connectivity index (χ4n) is 1.95. The van der Waals surface area contributed by atoms with Gasteiger partial charge in [0.25, 0.3) is 0 Å². The average molecular weight is 310 g/mol. The first-order chi connectivity index (χ1) is 10.8. The number of nitrogens with one attached hydrogen (secondary N) is 1. The standard InChI is InChI=1S/C16H14N4OS/c21-15(18-12-6-2-1-3-7-12)11-22-16-10-14(19-20-16)13-8-4-5-9-17-13/h1-9H,10-11H2,(H,18,21). The Kier molecular flexibility index (Phi) is 4.60. The van der Waals surface area contributed by atoms with Crippen molar-refractivity contribution in [1.29, 1.82) is 0 Å². The van der Waals surface area contributed by atoms with Crippen LogP contribution >= 0.6 is 11.8 Å². The van der Waals surface area contributed by atoms with Gasteiger partial charge in [0.15, 0.2) is 0 Å². The van der Waals surface area contributed by atoms with E-state index < -0.39 is 0 Å². The summed E-state index contributed by atoms with van der Waals surface area (Å²) in [4.78, 5) is 16.1. The van der Waals surface area contributed by atoms with Crippen LogP contribution < -0.4 is 5.32 Å². The van der Waals surface area contributed by atoms with Crippen molar-refractivity contribution in [2.24, 2.45) is 10.2 Å². The van der Waals surface area contributed by atoms with Crippen LogP contribution in [0.1, 0.15) is 12.1 Å². The summed E-state index contributed by atoms with van der Waals surface area (Å²) in [5, 5.41) is 11.9. The number of carbonyl (C=O) groups excluding carboxylic acids is 1. The predicted molar refractivity (Wildman–Crippen MR) is 90.4 cm³/mol. The average Bonchev–Trinajstić information content (AvgIpc) is 3.04. The molecule has 1 amide bonds. The number of para-hydroxylation sites is 1. The van der Waals surface area contributed by atoms with Gasteiger partial charge in [0.2, 0.25) is 5.91 Å². The summed E-state index contributed by atoms with van der Waals surface area (Å²) in [5.74, 6) is 0.267. The SMILES string of the molecule is O=C(CSC1=NN=C(c2ccccn2)C1)Nc1ccccc1. The molecule has 0 atom stereocenters. The third-order valence-corrected chi connectivity index (χ3v) is 3.95. The minimum Gasteiger partial charge on any atom is -0.325 e. The van der Waals surface area contributed by atoms with Crippen molar-refractivity contribution in [3.8, 4) is 0 Å². The number of aromatic nitrogens is 1. The van der Waals surface area contributed by atoms with E-state index in [1.807, 2.05) is 48.5 Å². The summed E-state index contributed by atoms with van der Waals surface area (Å²) in [6, 6.07) is 15.1. The molecule has 2 heterocycles. The molecule has 0 fully saturated rings. The van der Waals surface area contributed by atoms with Gasteiger partial charge in [-0.05, 0) is 24.3 Å². The van der Waals surface area contributed by atoms with Gasteiger partial charge in [0, 0.05) is 18.3 Å². The van der Waals surface area contributed by atoms with E-state index >= 15 is 0 Å². The zero-order valence-corrected chi connectivity index (χ0v) is 12.6. The van der Waals surface area contributed by atoms with Gasteiger partial charge in [-0.15, -0.1) is 5.10 Å². The van der Waals surface area contributed by atoms with E-state index in [1.54, 1.807) is 6.20 Å². The van der Waals surface area contributed by atoms with Crippen LogP contribution in [0.25, 0.3) is 0 Å². The van der Waals surface area contributed by atoms with E-state index in [9.17, 15) is 4.79 Å². The number of pyridine rings is 1. The third-order valence-electron chi connectivity index (χ3n) is 2.99. The molecule has 1 aromatic carbocycles. The molecule has 5 nitrogen and oxygen atoms in total. The largest absolute Gasteiger partial charge is 0.325 e. The summed E-state index contributed by atoms with van der Waals surface area (Å²) in [5.41, 5.74) is 2.47. The first-order valence-electron chi connectivity index (χ1n) is 6.84. The van der Waals surface area contributed by atoms with Crippen molar-refractivity contribution in [3.05, 3.63) is 60.4 Å². The van der Waals surface area contributed by atoms with E-state index in [4.69, 9.17) is 0 Å². The van der Waals surface area contributed by atoms with Crippen molar-refractivity contribution >= 4 is 34.1 Å². The number of anilines is 1. The molecule has 0 saturated carbocycles. The third kappa shape index (κ3) is 3.79. The van der Waals surface area contributed by atoms with Crippen LogP contribution in [0, 0.1) is 0 Å². The Labute approximate surface area is 132 Å². The number of hydrogen-bond donors (Lipinski definition) is 1. The molecule has 0 radical (unpaired) electrons. The Hall–Kier alpha value is -2.47. The highest BCUT2D eigenvalue weighted by atomic mass is 32.2. The highest BCUT2D eigenvalue weighted by Gasteiger charge is 2.16. The molecule has 1 aromatic heterocycles. The van der Waals surface area contributed by atoms with Crippen molar-refractivity contribution in [1.82, 2.24) is 4.98 Å². The summed E-state index contributed by atoms with van der Waals surface area (Å²) in [6.07, 6.45) is 2.36. The lowest BCUT2D eigenvalue weighted by Gasteiger charge is -2.04. The van der Waals surface area contributed by atoms with Crippen molar-refractivity contribution in [3.63, 3.8) is 0 Å². The second-order valence-electron chi connectivity index (χ2n) is 4.64. The summed E-state index contributed by atoms with van der Waals surface area (Å²) < 4.78 is 0. The smallest absolute Gasteiger partial charge is 0.234 e. The Morgan fingerprint density at radius 3 is 2.68 bits per heavy atom. The molecule has 1 aliphatic rings. The van der Waals surface area contributed by atoms with E-state index in [0.29, 0.717) is 12.2 Å². The minimum atomic E-state index is -0.0508. The second kappa shape index (κ2) is 7.00. The van der Waals surface area contributed by atoms with Gasteiger partial charge in [-0.3, -0.25) is 9.78 Å². The molecule has 2 aromatic rings. The Balaban J connectivity index is 1.47. The van der Waals surface area contributed by atoms with Crippen molar-refractivity contribution < 1.29 is 4.79 Å². The monoisotopic (exact) mass is 310 g/mol. The quantitative estimate of drug-likeness (QED) is 0.944. The zero-order chi connectivity index (χ0) is 15.2. The van der Waals surface area contributed by atoms with Gasteiger partial charge in [-0.25, -0.2) is 0 Å². The highest BCUT2D eigenvalue weighted by molar-refractivity contribution is 8.14. The summed E-state index contributed by atoms with van der Waals surface area (Å²) in [7, 11) is 0. The molecule has 3 rings (SSSR count). The van der Waals surface area contributed by atoms with E-state index in [1.165, 1.54) is 11.8 Å². The van der Waals surface area contributed by atoms with Crippen LogP contribution in [0.5, 0.6) is 0 Å². The molecule has 1 aliphatic heterocycles. The van der Waals surface area contributed by atoms with Crippen LogP contribution in [-0.4, -0.2) is 27.4 Å². The maximum Gasteiger partial charge on any atom is 0.234 e. The molecule has 0 bridgehead atoms. The lowest BCUT2D eigenvalue weighted by atomic mass is 10.2. The van der Waals surface area contributed by atoms with Crippen LogP contribution in [0.4, 0.5) is 5.69 Å². The number of hydrogen-bond acceptors (Lipinski definition) is 5. The molecule has 110 valence electrons. The molecule has 0 saturated heterocycles. The zero-order valence-electron chi connectivity index (χ0n) is 11.8. The number of rotatable bonds is 4. The Morgan fingerprint density at radius 2 is 1.91 bits per heavy atom. The van der Waals surface area contributed by atoms with E-state index in [-0.39, 0.29) is 5.91 Å². The maximum atomic E-state index is 11.9. The summed E-state index contributed by atoms with van der Waals surface area (Å²) >= 11 is 1.41. The molecule has 0 unspecified atom stereocenters. The Morgan fingerprint density at radius 1 is 1.09 bits per heavy atom. The molecular weight excluding hydrogens is 296 g/mol.